The maximum absolute atomic E-state index is 12.2. The predicted octanol–water partition coefficient (Wildman–Crippen LogP) is 3.90. The number of carbonyl (C=O) groups excluding carboxylic acids is 1. The van der Waals surface area contributed by atoms with Crippen molar-refractivity contribution in [1.29, 1.82) is 0 Å². The molecule has 2 aromatic carbocycles. The first-order valence-corrected chi connectivity index (χ1v) is 8.05. The third-order valence-corrected chi connectivity index (χ3v) is 4.09. The Bertz CT molecular complexity index is 704. The summed E-state index contributed by atoms with van der Waals surface area (Å²) in [5.74, 6) is 0.787. The first-order valence-electron chi connectivity index (χ1n) is 8.05. The molecule has 0 fully saturated rings. The summed E-state index contributed by atoms with van der Waals surface area (Å²) in [4.78, 5) is 12.2. The van der Waals surface area contributed by atoms with Gasteiger partial charge in [0.15, 0.2) is 0 Å². The number of hydrogen-bond acceptors (Lipinski definition) is 2. The summed E-state index contributed by atoms with van der Waals surface area (Å²) in [6.45, 7) is 2.76. The lowest BCUT2D eigenvalue weighted by Crippen LogP contribution is -2.30. The highest BCUT2D eigenvalue weighted by Crippen LogP contribution is 2.31. The molecule has 3 nitrogen and oxygen atoms in total. The van der Waals surface area contributed by atoms with E-state index < -0.39 is 0 Å². The summed E-state index contributed by atoms with van der Waals surface area (Å²) >= 11 is 0. The van der Waals surface area contributed by atoms with Crippen LogP contribution in [-0.4, -0.2) is 12.5 Å². The molecule has 1 N–H and O–H groups in total. The molecule has 0 saturated carbocycles. The zero-order valence-corrected chi connectivity index (χ0v) is 13.3. The zero-order valence-electron chi connectivity index (χ0n) is 13.3. The molecule has 0 radical (unpaired) electrons. The average Bonchev–Trinajstić information content (AvgIpc) is 2.61. The number of amides is 1. The fraction of sp³-hybridized carbons (Fsp3) is 0.250. The molecule has 0 aliphatic carbocycles. The van der Waals surface area contributed by atoms with E-state index in [0.29, 0.717) is 6.61 Å². The largest absolute Gasteiger partial charge is 0.493 e. The molecule has 0 saturated heterocycles. The van der Waals surface area contributed by atoms with Crippen LogP contribution in [0, 0.1) is 0 Å². The van der Waals surface area contributed by atoms with Gasteiger partial charge in [-0.1, -0.05) is 49.4 Å². The normalized spacial score (nSPS) is 16.7. The fourth-order valence-electron chi connectivity index (χ4n) is 2.75. The molecule has 0 bridgehead atoms. The van der Waals surface area contributed by atoms with Crippen LogP contribution in [0.4, 0.5) is 0 Å². The van der Waals surface area contributed by atoms with E-state index in [9.17, 15) is 4.79 Å². The Morgan fingerprint density at radius 3 is 2.78 bits per heavy atom. The fourth-order valence-corrected chi connectivity index (χ4v) is 2.75. The van der Waals surface area contributed by atoms with Gasteiger partial charge in [0.05, 0.1) is 12.6 Å². The van der Waals surface area contributed by atoms with Gasteiger partial charge in [0.1, 0.15) is 5.75 Å². The molecule has 1 amide bonds. The van der Waals surface area contributed by atoms with E-state index in [-0.39, 0.29) is 11.9 Å². The molecular formula is C20H21NO2. The van der Waals surface area contributed by atoms with E-state index >= 15 is 0 Å². The van der Waals surface area contributed by atoms with Gasteiger partial charge in [-0.25, -0.2) is 0 Å². The average molecular weight is 307 g/mol. The molecule has 3 heteroatoms. The molecule has 23 heavy (non-hydrogen) atoms. The number of ether oxygens (including phenoxy) is 1. The standard InChI is InChI=1S/C20H21NO2/c1-2-15-7-9-16(10-8-15)11-12-20(22)21-18-13-14-23-19-6-4-3-5-17(18)19/h3-12,18H,2,13-14H2,1H3,(H,21,22)/b12-11+/t18-/m0/s1. The van der Waals surface area contributed by atoms with Crippen molar-refractivity contribution in [2.75, 3.05) is 6.61 Å². The van der Waals surface area contributed by atoms with Crippen LogP contribution in [0.3, 0.4) is 0 Å². The third-order valence-electron chi connectivity index (χ3n) is 4.09. The SMILES string of the molecule is CCc1ccc(/C=C/C(=O)N[C@H]2CCOc3ccccc32)cc1. The van der Waals surface area contributed by atoms with Gasteiger partial charge in [-0.15, -0.1) is 0 Å². The monoisotopic (exact) mass is 307 g/mol. The van der Waals surface area contributed by atoms with Crippen molar-refractivity contribution in [2.45, 2.75) is 25.8 Å². The number of rotatable bonds is 4. The van der Waals surface area contributed by atoms with Crippen LogP contribution >= 0.6 is 0 Å². The van der Waals surface area contributed by atoms with Crippen molar-refractivity contribution in [3.05, 3.63) is 71.3 Å². The molecule has 3 rings (SSSR count). The maximum Gasteiger partial charge on any atom is 0.244 e. The lowest BCUT2D eigenvalue weighted by molar-refractivity contribution is -0.117. The maximum atomic E-state index is 12.2. The van der Waals surface area contributed by atoms with Crippen molar-refractivity contribution in [1.82, 2.24) is 5.32 Å². The number of hydrogen-bond donors (Lipinski definition) is 1. The summed E-state index contributed by atoms with van der Waals surface area (Å²) in [5, 5.41) is 3.06. The number of carbonyl (C=O) groups is 1. The Kier molecular flexibility index (Phi) is 4.77. The molecule has 0 spiro atoms. The van der Waals surface area contributed by atoms with Gasteiger partial charge in [-0.05, 0) is 29.7 Å². The summed E-state index contributed by atoms with van der Waals surface area (Å²) in [6.07, 6.45) is 5.26. The van der Waals surface area contributed by atoms with Crippen LogP contribution < -0.4 is 10.1 Å². The zero-order chi connectivity index (χ0) is 16.1. The van der Waals surface area contributed by atoms with E-state index in [2.05, 4.69) is 24.4 Å². The predicted molar refractivity (Wildman–Crippen MR) is 92.3 cm³/mol. The van der Waals surface area contributed by atoms with Crippen LogP contribution in [0.1, 0.15) is 36.1 Å². The number of nitrogens with one attached hydrogen (secondary N) is 1. The minimum atomic E-state index is -0.0775. The second kappa shape index (κ2) is 7.14. The summed E-state index contributed by atoms with van der Waals surface area (Å²) < 4.78 is 5.62. The third kappa shape index (κ3) is 3.81. The minimum absolute atomic E-state index is 0.0135. The van der Waals surface area contributed by atoms with E-state index in [1.54, 1.807) is 6.08 Å². The van der Waals surface area contributed by atoms with Crippen LogP contribution in [0.5, 0.6) is 5.75 Å². The Balaban J connectivity index is 1.64. The number of benzene rings is 2. The molecule has 1 atom stereocenters. The molecule has 118 valence electrons. The summed E-state index contributed by atoms with van der Waals surface area (Å²) in [6, 6.07) is 16.1. The van der Waals surface area contributed by atoms with Crippen molar-refractivity contribution in [2.24, 2.45) is 0 Å². The van der Waals surface area contributed by atoms with E-state index in [4.69, 9.17) is 4.74 Å². The lowest BCUT2D eigenvalue weighted by atomic mass is 10.0. The molecule has 0 unspecified atom stereocenters. The quantitative estimate of drug-likeness (QED) is 0.870. The first-order chi connectivity index (χ1) is 11.3. The molecule has 1 aliphatic heterocycles. The van der Waals surface area contributed by atoms with Crippen molar-refractivity contribution in [3.8, 4) is 5.75 Å². The Hall–Kier alpha value is -2.55. The Morgan fingerprint density at radius 2 is 2.00 bits per heavy atom. The Morgan fingerprint density at radius 1 is 1.22 bits per heavy atom. The van der Waals surface area contributed by atoms with Gasteiger partial charge in [0, 0.05) is 18.1 Å². The van der Waals surface area contributed by atoms with Gasteiger partial charge in [-0.3, -0.25) is 4.79 Å². The van der Waals surface area contributed by atoms with Gasteiger partial charge in [0.25, 0.3) is 0 Å². The van der Waals surface area contributed by atoms with Crippen molar-refractivity contribution < 1.29 is 9.53 Å². The van der Waals surface area contributed by atoms with Gasteiger partial charge < -0.3 is 10.1 Å². The van der Waals surface area contributed by atoms with Crippen molar-refractivity contribution in [3.63, 3.8) is 0 Å². The molecular weight excluding hydrogens is 286 g/mol. The molecule has 1 heterocycles. The van der Waals surface area contributed by atoms with Crippen molar-refractivity contribution >= 4 is 12.0 Å². The van der Waals surface area contributed by atoms with E-state index in [0.717, 1.165) is 29.7 Å². The highest BCUT2D eigenvalue weighted by Gasteiger charge is 2.21. The number of para-hydroxylation sites is 1. The van der Waals surface area contributed by atoms with Gasteiger partial charge in [0.2, 0.25) is 5.91 Å². The van der Waals surface area contributed by atoms with Crippen LogP contribution in [0.2, 0.25) is 0 Å². The van der Waals surface area contributed by atoms with Gasteiger partial charge in [-0.2, -0.15) is 0 Å². The molecule has 0 aromatic heterocycles. The van der Waals surface area contributed by atoms with Crippen LogP contribution in [-0.2, 0) is 11.2 Å². The van der Waals surface area contributed by atoms with Gasteiger partial charge >= 0.3 is 0 Å². The topological polar surface area (TPSA) is 38.3 Å². The molecule has 1 aliphatic rings. The van der Waals surface area contributed by atoms with E-state index in [1.807, 2.05) is 42.5 Å². The smallest absolute Gasteiger partial charge is 0.244 e. The number of aryl methyl sites for hydroxylation is 1. The highest BCUT2D eigenvalue weighted by molar-refractivity contribution is 5.92. The Labute approximate surface area is 137 Å². The van der Waals surface area contributed by atoms with Crippen LogP contribution in [0.15, 0.2) is 54.6 Å². The second-order valence-corrected chi connectivity index (χ2v) is 5.66. The minimum Gasteiger partial charge on any atom is -0.493 e. The number of fused-ring (bicyclic) bond motifs is 1. The first kappa shape index (κ1) is 15.3. The summed E-state index contributed by atoms with van der Waals surface area (Å²) in [7, 11) is 0. The second-order valence-electron chi connectivity index (χ2n) is 5.66. The molecule has 2 aromatic rings. The van der Waals surface area contributed by atoms with E-state index in [1.165, 1.54) is 5.56 Å². The van der Waals surface area contributed by atoms with Crippen LogP contribution in [0.25, 0.3) is 6.08 Å². The lowest BCUT2D eigenvalue weighted by Gasteiger charge is -2.26. The highest BCUT2D eigenvalue weighted by atomic mass is 16.5. The summed E-state index contributed by atoms with van der Waals surface area (Å²) in [5.41, 5.74) is 3.38.